The molecule has 3 rings (SSSR count). The van der Waals surface area contributed by atoms with Crippen molar-refractivity contribution in [1.82, 2.24) is 0 Å². The normalized spacial score (nSPS) is 19.2. The maximum atomic E-state index is 6.41. The van der Waals surface area contributed by atoms with Crippen LogP contribution in [0.1, 0.15) is 28.8 Å². The number of fused-ring (bicyclic) bond motifs is 1. The molecular formula is C17H19NO2. The molecule has 1 heterocycles. The minimum absolute atomic E-state index is 0.0756. The van der Waals surface area contributed by atoms with Crippen molar-refractivity contribution in [3.8, 4) is 5.75 Å². The largest absolute Gasteiger partial charge is 0.497 e. The van der Waals surface area contributed by atoms with Crippen molar-refractivity contribution in [3.05, 3.63) is 65.2 Å². The summed E-state index contributed by atoms with van der Waals surface area (Å²) in [5, 5.41) is 0. The van der Waals surface area contributed by atoms with Gasteiger partial charge in [-0.15, -0.1) is 0 Å². The van der Waals surface area contributed by atoms with Crippen LogP contribution in [0.15, 0.2) is 48.5 Å². The second kappa shape index (κ2) is 5.65. The van der Waals surface area contributed by atoms with Crippen LogP contribution in [0.5, 0.6) is 5.75 Å². The zero-order valence-corrected chi connectivity index (χ0v) is 11.6. The molecule has 0 radical (unpaired) electrons. The monoisotopic (exact) mass is 269 g/mol. The van der Waals surface area contributed by atoms with Crippen molar-refractivity contribution in [2.75, 3.05) is 13.7 Å². The van der Waals surface area contributed by atoms with Crippen molar-refractivity contribution >= 4 is 0 Å². The van der Waals surface area contributed by atoms with E-state index >= 15 is 0 Å². The summed E-state index contributed by atoms with van der Waals surface area (Å²) in [5.74, 6) is 0.839. The number of methoxy groups -OCH3 is 1. The molecule has 0 saturated heterocycles. The quantitative estimate of drug-likeness (QED) is 0.931. The SMILES string of the molecule is COc1ccc(C(N)C2OCCc3ccccc32)cc1. The van der Waals surface area contributed by atoms with Crippen molar-refractivity contribution in [3.63, 3.8) is 0 Å². The van der Waals surface area contributed by atoms with E-state index in [4.69, 9.17) is 15.2 Å². The third-order valence-corrected chi connectivity index (χ3v) is 3.86. The van der Waals surface area contributed by atoms with Crippen molar-refractivity contribution in [2.24, 2.45) is 5.73 Å². The van der Waals surface area contributed by atoms with Gasteiger partial charge in [0.25, 0.3) is 0 Å². The van der Waals surface area contributed by atoms with Gasteiger partial charge < -0.3 is 15.2 Å². The summed E-state index contributed by atoms with van der Waals surface area (Å²) >= 11 is 0. The van der Waals surface area contributed by atoms with Crippen LogP contribution >= 0.6 is 0 Å². The predicted octanol–water partition coefficient (Wildman–Crippen LogP) is 3.01. The highest BCUT2D eigenvalue weighted by atomic mass is 16.5. The van der Waals surface area contributed by atoms with E-state index in [0.29, 0.717) is 0 Å². The smallest absolute Gasteiger partial charge is 0.118 e. The summed E-state index contributed by atoms with van der Waals surface area (Å²) < 4.78 is 11.1. The van der Waals surface area contributed by atoms with Gasteiger partial charge >= 0.3 is 0 Å². The van der Waals surface area contributed by atoms with E-state index in [0.717, 1.165) is 24.3 Å². The first kappa shape index (κ1) is 13.2. The molecule has 3 nitrogen and oxygen atoms in total. The summed E-state index contributed by atoms with van der Waals surface area (Å²) in [4.78, 5) is 0. The average Bonchev–Trinajstić information content (AvgIpc) is 2.54. The first-order chi connectivity index (χ1) is 9.79. The zero-order valence-electron chi connectivity index (χ0n) is 11.6. The number of benzene rings is 2. The fourth-order valence-corrected chi connectivity index (χ4v) is 2.72. The standard InChI is InChI=1S/C17H19NO2/c1-19-14-8-6-13(7-9-14)16(18)17-15-5-3-2-4-12(15)10-11-20-17/h2-9,16-17H,10-11,18H2,1H3. The highest BCUT2D eigenvalue weighted by Crippen LogP contribution is 2.35. The van der Waals surface area contributed by atoms with Crippen molar-refractivity contribution in [2.45, 2.75) is 18.6 Å². The number of hydrogen-bond donors (Lipinski definition) is 1. The highest BCUT2D eigenvalue weighted by molar-refractivity contribution is 5.35. The summed E-state index contributed by atoms with van der Waals surface area (Å²) in [6.07, 6.45) is 0.885. The fraction of sp³-hybridized carbons (Fsp3) is 0.294. The van der Waals surface area contributed by atoms with Crippen LogP contribution in [0.25, 0.3) is 0 Å². The van der Waals surface area contributed by atoms with Gasteiger partial charge in [-0.05, 0) is 35.2 Å². The Hall–Kier alpha value is -1.84. The molecule has 2 aromatic carbocycles. The molecule has 2 atom stereocenters. The highest BCUT2D eigenvalue weighted by Gasteiger charge is 2.27. The zero-order chi connectivity index (χ0) is 13.9. The molecule has 2 unspecified atom stereocenters. The van der Waals surface area contributed by atoms with Gasteiger partial charge in [0.05, 0.1) is 19.8 Å². The Kier molecular flexibility index (Phi) is 3.72. The molecule has 0 amide bonds. The summed E-state index contributed by atoms with van der Waals surface area (Å²) in [5.41, 5.74) is 10.0. The van der Waals surface area contributed by atoms with E-state index in [1.54, 1.807) is 7.11 Å². The van der Waals surface area contributed by atoms with Gasteiger partial charge in [0.1, 0.15) is 11.9 Å². The van der Waals surface area contributed by atoms with Gasteiger partial charge in [0.15, 0.2) is 0 Å². The lowest BCUT2D eigenvalue weighted by Gasteiger charge is -2.30. The number of ether oxygens (including phenoxy) is 2. The molecule has 20 heavy (non-hydrogen) atoms. The van der Waals surface area contributed by atoms with Crippen LogP contribution in [-0.4, -0.2) is 13.7 Å². The van der Waals surface area contributed by atoms with Gasteiger partial charge in [-0.2, -0.15) is 0 Å². The van der Waals surface area contributed by atoms with E-state index in [-0.39, 0.29) is 12.1 Å². The van der Waals surface area contributed by atoms with E-state index in [1.807, 2.05) is 30.3 Å². The second-order valence-electron chi connectivity index (χ2n) is 5.04. The third kappa shape index (κ3) is 2.42. The minimum atomic E-state index is -0.164. The fourth-order valence-electron chi connectivity index (χ4n) is 2.72. The number of hydrogen-bond acceptors (Lipinski definition) is 3. The summed E-state index contributed by atoms with van der Waals surface area (Å²) in [6.45, 7) is 0.728. The molecule has 0 spiro atoms. The van der Waals surface area contributed by atoms with Crippen molar-refractivity contribution in [1.29, 1.82) is 0 Å². The lowest BCUT2D eigenvalue weighted by atomic mass is 9.90. The molecule has 0 bridgehead atoms. The maximum absolute atomic E-state index is 6.41. The van der Waals surface area contributed by atoms with Crippen LogP contribution in [-0.2, 0) is 11.2 Å². The average molecular weight is 269 g/mol. The van der Waals surface area contributed by atoms with Crippen LogP contribution in [0, 0.1) is 0 Å². The molecule has 1 aliphatic heterocycles. The lowest BCUT2D eigenvalue weighted by molar-refractivity contribution is 0.0241. The van der Waals surface area contributed by atoms with Gasteiger partial charge in [0, 0.05) is 0 Å². The first-order valence-electron chi connectivity index (χ1n) is 6.88. The molecule has 2 aromatic rings. The number of nitrogens with two attached hydrogens (primary N) is 1. The topological polar surface area (TPSA) is 44.5 Å². The van der Waals surface area contributed by atoms with E-state index in [9.17, 15) is 0 Å². The van der Waals surface area contributed by atoms with Gasteiger partial charge in [-0.1, -0.05) is 36.4 Å². The summed E-state index contributed by atoms with van der Waals surface area (Å²) in [6, 6.07) is 16.1. The molecule has 3 heteroatoms. The van der Waals surface area contributed by atoms with E-state index < -0.39 is 0 Å². The van der Waals surface area contributed by atoms with Crippen LogP contribution in [0.3, 0.4) is 0 Å². The molecule has 0 saturated carbocycles. The molecular weight excluding hydrogens is 250 g/mol. The Morgan fingerprint density at radius 1 is 1.15 bits per heavy atom. The third-order valence-electron chi connectivity index (χ3n) is 3.86. The van der Waals surface area contributed by atoms with Gasteiger partial charge in [-0.25, -0.2) is 0 Å². The van der Waals surface area contributed by atoms with Crippen LogP contribution in [0.2, 0.25) is 0 Å². The van der Waals surface area contributed by atoms with Crippen LogP contribution < -0.4 is 10.5 Å². The molecule has 0 aromatic heterocycles. The van der Waals surface area contributed by atoms with Gasteiger partial charge in [-0.3, -0.25) is 0 Å². The molecule has 0 aliphatic carbocycles. The summed E-state index contributed by atoms with van der Waals surface area (Å²) in [7, 11) is 1.66. The Balaban J connectivity index is 1.89. The molecule has 104 valence electrons. The predicted molar refractivity (Wildman–Crippen MR) is 78.8 cm³/mol. The minimum Gasteiger partial charge on any atom is -0.497 e. The molecule has 1 aliphatic rings. The lowest BCUT2D eigenvalue weighted by Crippen LogP contribution is -2.27. The maximum Gasteiger partial charge on any atom is 0.118 e. The van der Waals surface area contributed by atoms with Crippen molar-refractivity contribution < 1.29 is 9.47 Å². The Labute approximate surface area is 119 Å². The Morgan fingerprint density at radius 2 is 1.90 bits per heavy atom. The Morgan fingerprint density at radius 3 is 2.65 bits per heavy atom. The van der Waals surface area contributed by atoms with E-state index in [1.165, 1.54) is 11.1 Å². The second-order valence-corrected chi connectivity index (χ2v) is 5.04. The van der Waals surface area contributed by atoms with E-state index in [2.05, 4.69) is 18.2 Å². The first-order valence-corrected chi connectivity index (χ1v) is 6.88. The number of rotatable bonds is 3. The molecule has 0 fully saturated rings. The Bertz CT molecular complexity index is 580. The van der Waals surface area contributed by atoms with Crippen LogP contribution in [0.4, 0.5) is 0 Å². The molecule has 2 N–H and O–H groups in total. The van der Waals surface area contributed by atoms with Gasteiger partial charge in [0.2, 0.25) is 0 Å².